The molecule has 180 valence electrons. The first kappa shape index (κ1) is 22.9. The van der Waals surface area contributed by atoms with Crippen LogP contribution in [0.4, 0.5) is 5.82 Å². The van der Waals surface area contributed by atoms with Gasteiger partial charge in [0, 0.05) is 38.9 Å². The molecule has 2 atom stereocenters. The first-order chi connectivity index (χ1) is 16.4. The van der Waals surface area contributed by atoms with Crippen LogP contribution in [0.2, 0.25) is 0 Å². The number of fused-ring (bicyclic) bond motifs is 1. The zero-order valence-corrected chi connectivity index (χ0v) is 20.5. The van der Waals surface area contributed by atoms with Crippen molar-refractivity contribution in [3.63, 3.8) is 0 Å². The molecule has 5 heterocycles. The molecule has 3 aromatic rings. The minimum Gasteiger partial charge on any atom is -0.356 e. The highest BCUT2D eigenvalue weighted by atomic mass is 32.2. The van der Waals surface area contributed by atoms with Gasteiger partial charge in [-0.3, -0.25) is 9.88 Å². The van der Waals surface area contributed by atoms with Gasteiger partial charge in [-0.15, -0.1) is 5.10 Å². The van der Waals surface area contributed by atoms with E-state index in [1.165, 1.54) is 0 Å². The van der Waals surface area contributed by atoms with E-state index in [-0.39, 0.29) is 5.75 Å². The van der Waals surface area contributed by atoms with Crippen molar-refractivity contribution in [2.75, 3.05) is 31.1 Å². The van der Waals surface area contributed by atoms with Gasteiger partial charge in [-0.1, -0.05) is 17.3 Å². The van der Waals surface area contributed by atoms with Crippen LogP contribution in [-0.4, -0.2) is 69.7 Å². The van der Waals surface area contributed by atoms with Crippen molar-refractivity contribution in [2.45, 2.75) is 37.9 Å². The lowest BCUT2D eigenvalue weighted by Gasteiger charge is -2.22. The predicted molar refractivity (Wildman–Crippen MR) is 130 cm³/mol. The number of anilines is 1. The summed E-state index contributed by atoms with van der Waals surface area (Å²) >= 11 is 0. The normalized spacial score (nSPS) is 20.9. The fourth-order valence-electron chi connectivity index (χ4n) is 4.88. The van der Waals surface area contributed by atoms with Crippen LogP contribution in [0.5, 0.6) is 0 Å². The van der Waals surface area contributed by atoms with Crippen LogP contribution in [0.15, 0.2) is 48.8 Å². The van der Waals surface area contributed by atoms with Crippen LogP contribution in [0, 0.1) is 11.8 Å². The summed E-state index contributed by atoms with van der Waals surface area (Å²) in [6.45, 7) is 8.79. The third kappa shape index (κ3) is 5.12. The molecular weight excluding hydrogens is 450 g/mol. The van der Waals surface area contributed by atoms with E-state index in [0.29, 0.717) is 24.1 Å². The van der Waals surface area contributed by atoms with Crippen molar-refractivity contribution in [2.24, 2.45) is 11.8 Å². The van der Waals surface area contributed by atoms with Gasteiger partial charge in [0.15, 0.2) is 9.84 Å². The third-order valence-corrected chi connectivity index (χ3v) is 8.90. The van der Waals surface area contributed by atoms with Gasteiger partial charge in [0.25, 0.3) is 0 Å². The van der Waals surface area contributed by atoms with Crippen LogP contribution >= 0.6 is 0 Å². The molecule has 0 aliphatic carbocycles. The summed E-state index contributed by atoms with van der Waals surface area (Å²) in [5.41, 5.74) is 2.57. The van der Waals surface area contributed by atoms with Crippen molar-refractivity contribution < 1.29 is 8.42 Å². The van der Waals surface area contributed by atoms with Gasteiger partial charge in [-0.25, -0.2) is 18.1 Å². The highest BCUT2D eigenvalue weighted by Crippen LogP contribution is 2.34. The van der Waals surface area contributed by atoms with Crippen LogP contribution < -0.4 is 4.90 Å². The number of nitrogens with zero attached hydrogens (tertiary/aromatic N) is 7. The first-order valence-corrected chi connectivity index (χ1v) is 13.5. The molecular formula is C24H31N7O2S. The van der Waals surface area contributed by atoms with Crippen molar-refractivity contribution in [3.8, 4) is 0 Å². The van der Waals surface area contributed by atoms with Crippen molar-refractivity contribution in [1.29, 1.82) is 0 Å². The van der Waals surface area contributed by atoms with Gasteiger partial charge < -0.3 is 4.90 Å². The molecule has 5 rings (SSSR count). The summed E-state index contributed by atoms with van der Waals surface area (Å²) in [6.07, 6.45) is 3.80. The van der Waals surface area contributed by atoms with Crippen LogP contribution in [-0.2, 0) is 28.7 Å². The average Bonchev–Trinajstić information content (AvgIpc) is 3.50. The molecule has 10 heteroatoms. The number of aromatic nitrogens is 5. The molecule has 0 radical (unpaired) electrons. The Morgan fingerprint density at radius 3 is 2.41 bits per heavy atom. The molecule has 9 nitrogen and oxygen atoms in total. The standard InChI is InChI=1S/C24H31N7O2S/c1-18(2)34(32,33)17-22-7-5-8-24(26-22)30-12-19-10-29(11-20(19)13-30)14-23-16-31(28-27-23)15-21-6-3-4-9-25-21/h3-9,16,18-20H,10-15,17H2,1-2H3. The van der Waals surface area contributed by atoms with Crippen LogP contribution in [0.1, 0.15) is 30.9 Å². The van der Waals surface area contributed by atoms with E-state index in [1.54, 1.807) is 20.0 Å². The summed E-state index contributed by atoms with van der Waals surface area (Å²) in [6, 6.07) is 11.6. The minimum atomic E-state index is -3.16. The van der Waals surface area contributed by atoms with Gasteiger partial charge in [-0.05, 0) is 49.9 Å². The summed E-state index contributed by atoms with van der Waals surface area (Å²) in [7, 11) is -3.16. The quantitative estimate of drug-likeness (QED) is 0.482. The number of pyridine rings is 2. The Labute approximate surface area is 200 Å². The largest absolute Gasteiger partial charge is 0.356 e. The second kappa shape index (κ2) is 9.42. The Balaban J connectivity index is 1.16. The van der Waals surface area contributed by atoms with Gasteiger partial charge >= 0.3 is 0 Å². The monoisotopic (exact) mass is 481 g/mol. The Morgan fingerprint density at radius 1 is 0.941 bits per heavy atom. The molecule has 0 bridgehead atoms. The Bertz CT molecular complexity index is 1210. The SMILES string of the molecule is CC(C)S(=O)(=O)Cc1cccc(N2CC3CN(Cc4cn(Cc5ccccn5)nn4)CC3C2)n1. The molecule has 0 spiro atoms. The molecule has 2 aliphatic rings. The van der Waals surface area contributed by atoms with Gasteiger partial charge in [-0.2, -0.15) is 0 Å². The number of sulfone groups is 1. The molecule has 2 unspecified atom stereocenters. The molecule has 0 saturated carbocycles. The van der Waals surface area contributed by atoms with Gasteiger partial charge in [0.05, 0.1) is 40.8 Å². The van der Waals surface area contributed by atoms with Crippen LogP contribution in [0.25, 0.3) is 0 Å². The zero-order chi connectivity index (χ0) is 23.7. The minimum absolute atomic E-state index is 0.00595. The molecule has 3 aromatic heterocycles. The molecule has 0 N–H and O–H groups in total. The number of hydrogen-bond donors (Lipinski definition) is 0. The highest BCUT2D eigenvalue weighted by molar-refractivity contribution is 7.91. The Morgan fingerprint density at radius 2 is 1.71 bits per heavy atom. The third-order valence-electron chi connectivity index (χ3n) is 6.77. The summed E-state index contributed by atoms with van der Waals surface area (Å²) in [5, 5.41) is 8.22. The summed E-state index contributed by atoms with van der Waals surface area (Å²) in [5.74, 6) is 2.03. The average molecular weight is 482 g/mol. The Kier molecular flexibility index (Phi) is 6.35. The molecule has 2 aliphatic heterocycles. The number of likely N-dealkylation sites (tertiary alicyclic amines) is 1. The van der Waals surface area contributed by atoms with Crippen molar-refractivity contribution in [3.05, 3.63) is 65.9 Å². The fraction of sp³-hybridized carbons (Fsp3) is 0.500. The summed E-state index contributed by atoms with van der Waals surface area (Å²) in [4.78, 5) is 13.8. The lowest BCUT2D eigenvalue weighted by atomic mass is 10.0. The topological polar surface area (TPSA) is 97.1 Å². The van der Waals surface area contributed by atoms with E-state index in [2.05, 4.69) is 30.1 Å². The molecule has 2 saturated heterocycles. The van der Waals surface area contributed by atoms with E-state index in [9.17, 15) is 8.42 Å². The second-order valence-corrected chi connectivity index (χ2v) is 12.2. The van der Waals surface area contributed by atoms with Crippen LogP contribution in [0.3, 0.4) is 0 Å². The van der Waals surface area contributed by atoms with E-state index in [0.717, 1.165) is 49.9 Å². The van der Waals surface area contributed by atoms with E-state index >= 15 is 0 Å². The van der Waals surface area contributed by atoms with E-state index in [1.807, 2.05) is 47.3 Å². The Hall–Kier alpha value is -2.85. The first-order valence-electron chi connectivity index (χ1n) is 11.8. The van der Waals surface area contributed by atoms with Gasteiger partial charge in [0.1, 0.15) is 5.82 Å². The number of rotatable bonds is 8. The maximum absolute atomic E-state index is 12.3. The predicted octanol–water partition coefficient (Wildman–Crippen LogP) is 2.01. The van der Waals surface area contributed by atoms with E-state index < -0.39 is 15.1 Å². The zero-order valence-electron chi connectivity index (χ0n) is 19.7. The molecule has 34 heavy (non-hydrogen) atoms. The summed E-state index contributed by atoms with van der Waals surface area (Å²) < 4.78 is 26.4. The molecule has 2 fully saturated rings. The highest BCUT2D eigenvalue weighted by Gasteiger charge is 2.40. The lowest BCUT2D eigenvalue weighted by molar-refractivity contribution is 0.305. The van der Waals surface area contributed by atoms with Crippen molar-refractivity contribution >= 4 is 15.7 Å². The van der Waals surface area contributed by atoms with Gasteiger partial charge in [0.2, 0.25) is 0 Å². The second-order valence-electron chi connectivity index (χ2n) is 9.69. The maximum Gasteiger partial charge on any atom is 0.158 e. The molecule has 0 amide bonds. The van der Waals surface area contributed by atoms with Crippen molar-refractivity contribution in [1.82, 2.24) is 29.9 Å². The lowest BCUT2D eigenvalue weighted by Crippen LogP contribution is -2.29. The van der Waals surface area contributed by atoms with E-state index in [4.69, 9.17) is 0 Å². The maximum atomic E-state index is 12.3. The smallest absolute Gasteiger partial charge is 0.158 e. The molecule has 0 aromatic carbocycles. The number of hydrogen-bond acceptors (Lipinski definition) is 8. The fourth-order valence-corrected chi connectivity index (χ4v) is 5.78.